The van der Waals surface area contributed by atoms with Gasteiger partial charge in [-0.1, -0.05) is 29.3 Å². The summed E-state index contributed by atoms with van der Waals surface area (Å²) in [5.41, 5.74) is 14.0. The van der Waals surface area contributed by atoms with Gasteiger partial charge in [-0.3, -0.25) is 19.6 Å². The van der Waals surface area contributed by atoms with Gasteiger partial charge >= 0.3 is 5.97 Å². The number of nitrogens with zero attached hydrogens (tertiary/aromatic N) is 2. The Labute approximate surface area is 190 Å². The normalized spacial score (nSPS) is 11.6. The van der Waals surface area contributed by atoms with Crippen LogP contribution in [-0.2, 0) is 20.9 Å². The third kappa shape index (κ3) is 9.86. The molecule has 0 heterocycles. The molecule has 0 saturated carbocycles. The van der Waals surface area contributed by atoms with Gasteiger partial charge in [-0.2, -0.15) is 0 Å². The van der Waals surface area contributed by atoms with E-state index in [4.69, 9.17) is 34.7 Å². The van der Waals surface area contributed by atoms with Crippen LogP contribution in [-0.4, -0.2) is 52.5 Å². The summed E-state index contributed by atoms with van der Waals surface area (Å²) in [6.45, 7) is 3.81. The molecule has 0 spiro atoms. The van der Waals surface area contributed by atoms with Crippen molar-refractivity contribution in [1.82, 2.24) is 15.8 Å². The lowest BCUT2D eigenvalue weighted by Gasteiger charge is -2.29. The molecule has 0 unspecified atom stereocenters. The van der Waals surface area contributed by atoms with Crippen molar-refractivity contribution in [2.45, 2.75) is 51.7 Å². The number of aliphatic carboxylic acids is 1. The number of carbonyl (C=O) groups excluding carboxylic acids is 2. The topological polar surface area (TPSA) is 163 Å². The number of hydrogen-bond acceptors (Lipinski definition) is 5. The Hall–Kier alpha value is -2.56. The quantitative estimate of drug-likeness (QED) is 0.0998. The minimum Gasteiger partial charge on any atom is -0.480 e. The third-order valence-corrected chi connectivity index (χ3v) is 4.73. The second-order valence-corrected chi connectivity index (χ2v) is 7.86. The van der Waals surface area contributed by atoms with Crippen molar-refractivity contribution < 1.29 is 19.5 Å². The molecule has 0 bridgehead atoms. The van der Waals surface area contributed by atoms with E-state index < -0.39 is 30.2 Å². The summed E-state index contributed by atoms with van der Waals surface area (Å²) in [7, 11) is 0. The fraction of sp³-hybridized carbons (Fsp3) is 0.474. The number of nitrogens with two attached hydrogens (primary N) is 2. The number of aliphatic imine (C=N–C) groups is 1. The molecule has 1 rings (SSSR count). The molecule has 10 nitrogen and oxygen atoms in total. The highest BCUT2D eigenvalue weighted by Crippen LogP contribution is 2.22. The maximum absolute atomic E-state index is 12.8. The van der Waals surface area contributed by atoms with Crippen LogP contribution >= 0.6 is 23.2 Å². The molecule has 0 aliphatic rings. The molecule has 31 heavy (non-hydrogen) atoms. The van der Waals surface area contributed by atoms with Crippen molar-refractivity contribution in [3.63, 3.8) is 0 Å². The van der Waals surface area contributed by atoms with E-state index >= 15 is 0 Å². The first-order valence-corrected chi connectivity index (χ1v) is 10.3. The summed E-state index contributed by atoms with van der Waals surface area (Å²) < 4.78 is 0. The van der Waals surface area contributed by atoms with E-state index in [9.17, 15) is 19.5 Å². The number of hydrogen-bond donors (Lipinski definition) is 5. The highest BCUT2D eigenvalue weighted by Gasteiger charge is 2.30. The van der Waals surface area contributed by atoms with Crippen molar-refractivity contribution in [1.29, 1.82) is 0 Å². The number of hydrazine groups is 1. The molecule has 0 aromatic heterocycles. The molecule has 0 fully saturated rings. The number of nitrogens with one attached hydrogen (secondary N) is 2. The van der Waals surface area contributed by atoms with Gasteiger partial charge in [-0.25, -0.2) is 10.2 Å². The molecule has 2 amide bonds. The zero-order chi connectivity index (χ0) is 23.6. The minimum atomic E-state index is -1.24. The SMILES string of the molecule is CC(C)NC(=O)CC(=O)N(NCc1ccc(Cl)c(Cl)c1)[C@@H](CCCN=C(N)N)C(=O)O. The Bertz CT molecular complexity index is 815. The predicted octanol–water partition coefficient (Wildman–Crippen LogP) is 1.25. The van der Waals surface area contributed by atoms with Crippen LogP contribution in [0.15, 0.2) is 23.2 Å². The van der Waals surface area contributed by atoms with Gasteiger partial charge in [0, 0.05) is 19.1 Å². The molecule has 0 aliphatic heterocycles. The first kappa shape index (κ1) is 26.5. The van der Waals surface area contributed by atoms with E-state index in [2.05, 4.69) is 15.7 Å². The van der Waals surface area contributed by atoms with Crippen molar-refractivity contribution in [2.75, 3.05) is 6.54 Å². The highest BCUT2D eigenvalue weighted by molar-refractivity contribution is 6.42. The zero-order valence-electron chi connectivity index (χ0n) is 17.4. The Morgan fingerprint density at radius 2 is 1.87 bits per heavy atom. The lowest BCUT2D eigenvalue weighted by atomic mass is 10.1. The number of carboxylic acids is 1. The first-order chi connectivity index (χ1) is 14.5. The van der Waals surface area contributed by atoms with Crippen molar-refractivity contribution in [3.8, 4) is 0 Å². The van der Waals surface area contributed by atoms with Gasteiger partial charge in [0.1, 0.15) is 12.5 Å². The van der Waals surface area contributed by atoms with Crippen LogP contribution in [0.3, 0.4) is 0 Å². The first-order valence-electron chi connectivity index (χ1n) is 9.58. The van der Waals surface area contributed by atoms with Crippen molar-refractivity contribution >= 4 is 46.9 Å². The van der Waals surface area contributed by atoms with E-state index in [1.807, 2.05) is 0 Å². The fourth-order valence-corrected chi connectivity index (χ4v) is 2.97. The summed E-state index contributed by atoms with van der Waals surface area (Å²) in [5, 5.41) is 14.0. The summed E-state index contributed by atoms with van der Waals surface area (Å²) in [5.74, 6) is -2.54. The highest BCUT2D eigenvalue weighted by atomic mass is 35.5. The van der Waals surface area contributed by atoms with Gasteiger partial charge < -0.3 is 21.9 Å². The summed E-state index contributed by atoms with van der Waals surface area (Å²) in [6, 6.07) is 3.47. The largest absolute Gasteiger partial charge is 0.480 e. The smallest absolute Gasteiger partial charge is 0.328 e. The van der Waals surface area contributed by atoms with Crippen LogP contribution in [0.5, 0.6) is 0 Å². The number of halogens is 2. The third-order valence-electron chi connectivity index (χ3n) is 3.99. The molecule has 1 aromatic rings. The Balaban J connectivity index is 3.00. The Morgan fingerprint density at radius 3 is 2.42 bits per heavy atom. The molecule has 0 radical (unpaired) electrons. The molecule has 12 heteroatoms. The Morgan fingerprint density at radius 1 is 1.19 bits per heavy atom. The molecule has 0 saturated heterocycles. The summed E-state index contributed by atoms with van der Waals surface area (Å²) >= 11 is 11.9. The average Bonchev–Trinajstić information content (AvgIpc) is 2.64. The lowest BCUT2D eigenvalue weighted by molar-refractivity contribution is -0.155. The zero-order valence-corrected chi connectivity index (χ0v) is 18.9. The number of benzene rings is 1. The fourth-order valence-electron chi connectivity index (χ4n) is 2.65. The molecular weight excluding hydrogens is 447 g/mol. The summed E-state index contributed by atoms with van der Waals surface area (Å²) in [4.78, 5) is 40.5. The van der Waals surface area contributed by atoms with Crippen LogP contribution in [0.2, 0.25) is 10.0 Å². The average molecular weight is 475 g/mol. The van der Waals surface area contributed by atoms with E-state index in [1.165, 1.54) is 0 Å². The van der Waals surface area contributed by atoms with E-state index in [0.29, 0.717) is 22.0 Å². The van der Waals surface area contributed by atoms with E-state index in [1.54, 1.807) is 32.0 Å². The lowest BCUT2D eigenvalue weighted by Crippen LogP contribution is -2.53. The standard InChI is InChI=1S/C19H28Cl2N6O4/c1-11(2)26-16(28)9-17(29)27(15(18(30)31)4-3-7-24-19(22)23)25-10-12-5-6-13(20)14(21)8-12/h5-6,8,11,15,25H,3-4,7,9-10H2,1-2H3,(H,26,28)(H,30,31)(H4,22,23,24)/t15-/m0/s1. The maximum Gasteiger partial charge on any atom is 0.328 e. The van der Waals surface area contributed by atoms with Gasteiger partial charge in [-0.15, -0.1) is 0 Å². The van der Waals surface area contributed by atoms with Crippen molar-refractivity contribution in [3.05, 3.63) is 33.8 Å². The second-order valence-electron chi connectivity index (χ2n) is 7.05. The van der Waals surface area contributed by atoms with Crippen LogP contribution in [0.4, 0.5) is 0 Å². The predicted molar refractivity (Wildman–Crippen MR) is 119 cm³/mol. The molecule has 0 aliphatic carbocycles. The van der Waals surface area contributed by atoms with Gasteiger partial charge in [-0.05, 0) is 44.4 Å². The molecule has 1 aromatic carbocycles. The monoisotopic (exact) mass is 474 g/mol. The molecule has 172 valence electrons. The van der Waals surface area contributed by atoms with E-state index in [-0.39, 0.29) is 31.5 Å². The molecule has 7 N–H and O–H groups in total. The van der Waals surface area contributed by atoms with Crippen LogP contribution in [0, 0.1) is 0 Å². The van der Waals surface area contributed by atoms with Gasteiger partial charge in [0.05, 0.1) is 10.0 Å². The Kier molecular flexibility index (Phi) is 11.1. The summed E-state index contributed by atoms with van der Waals surface area (Å²) in [6.07, 6.45) is -0.131. The second kappa shape index (κ2) is 13.0. The van der Waals surface area contributed by atoms with Gasteiger partial charge in [0.25, 0.3) is 0 Å². The maximum atomic E-state index is 12.8. The number of guanidine groups is 1. The molecule has 1 atom stereocenters. The number of carboxylic acid groups (broad SMARTS) is 1. The van der Waals surface area contributed by atoms with Crippen LogP contribution < -0.4 is 22.2 Å². The van der Waals surface area contributed by atoms with Crippen molar-refractivity contribution in [2.24, 2.45) is 16.5 Å². The number of carbonyl (C=O) groups is 3. The molecular formula is C19H28Cl2N6O4. The van der Waals surface area contributed by atoms with Gasteiger partial charge in [0.2, 0.25) is 11.8 Å². The number of rotatable bonds is 12. The van der Waals surface area contributed by atoms with E-state index in [0.717, 1.165) is 5.01 Å². The van der Waals surface area contributed by atoms with Crippen LogP contribution in [0.25, 0.3) is 0 Å². The van der Waals surface area contributed by atoms with Crippen LogP contribution in [0.1, 0.15) is 38.7 Å². The number of amides is 2. The van der Waals surface area contributed by atoms with Gasteiger partial charge in [0.15, 0.2) is 5.96 Å². The minimum absolute atomic E-state index is 0.0675.